The summed E-state index contributed by atoms with van der Waals surface area (Å²) in [6.45, 7) is 8.63. The molecule has 0 aliphatic carbocycles. The number of hydrogen-bond donors (Lipinski definition) is 1. The Bertz CT molecular complexity index is 547. The lowest BCUT2D eigenvalue weighted by Crippen LogP contribution is -2.10. The average molecular weight is 303 g/mol. The number of rotatable bonds is 7. The highest BCUT2D eigenvalue weighted by Gasteiger charge is 2.02. The van der Waals surface area contributed by atoms with Gasteiger partial charge in [-0.2, -0.15) is 0 Å². The van der Waals surface area contributed by atoms with E-state index in [1.54, 1.807) is 0 Å². The summed E-state index contributed by atoms with van der Waals surface area (Å²) in [6.07, 6.45) is 4.21. The van der Waals surface area contributed by atoms with Gasteiger partial charge in [0.15, 0.2) is 0 Å². The molecular weight excluding hydrogens is 278 g/mol. The molecule has 0 saturated carbocycles. The molecule has 4 nitrogen and oxygen atoms in total. The molecule has 0 bridgehead atoms. The number of benzene rings is 1. The van der Waals surface area contributed by atoms with Gasteiger partial charge in [0.25, 0.3) is 0 Å². The van der Waals surface area contributed by atoms with Crippen LogP contribution in [0.25, 0.3) is 0 Å². The van der Waals surface area contributed by atoms with E-state index >= 15 is 0 Å². The number of aryl methyl sites for hydroxylation is 2. The van der Waals surface area contributed by atoms with Gasteiger partial charge in [-0.3, -0.25) is 4.79 Å². The van der Waals surface area contributed by atoms with Crippen LogP contribution in [0.5, 0.6) is 0 Å². The predicted octanol–water partition coefficient (Wildman–Crippen LogP) is 3.78. The van der Waals surface area contributed by atoms with E-state index in [2.05, 4.69) is 19.2 Å². The van der Waals surface area contributed by atoms with Crippen molar-refractivity contribution in [2.75, 3.05) is 11.9 Å². The van der Waals surface area contributed by atoms with Gasteiger partial charge >= 0.3 is 5.97 Å². The van der Waals surface area contributed by atoms with Gasteiger partial charge < -0.3 is 10.1 Å². The SMILES string of the molecule is Cc1ccc(NC(=O)/C=C/C(=O)OCCCC(C)C)cc1C. The smallest absolute Gasteiger partial charge is 0.330 e. The van der Waals surface area contributed by atoms with Crippen LogP contribution in [0.2, 0.25) is 0 Å². The summed E-state index contributed by atoms with van der Waals surface area (Å²) in [4.78, 5) is 23.2. The molecule has 120 valence electrons. The van der Waals surface area contributed by atoms with Crippen molar-refractivity contribution in [2.45, 2.75) is 40.5 Å². The number of amides is 1. The molecular formula is C18H25NO3. The topological polar surface area (TPSA) is 55.4 Å². The third-order valence-electron chi connectivity index (χ3n) is 3.32. The minimum atomic E-state index is -0.487. The van der Waals surface area contributed by atoms with Crippen LogP contribution in [0, 0.1) is 19.8 Å². The number of carbonyl (C=O) groups is 2. The summed E-state index contributed by atoms with van der Waals surface area (Å²) in [5.41, 5.74) is 2.98. The molecule has 1 amide bonds. The second-order valence-corrected chi connectivity index (χ2v) is 5.83. The molecule has 1 aromatic rings. The van der Waals surface area contributed by atoms with Crippen molar-refractivity contribution >= 4 is 17.6 Å². The molecule has 0 radical (unpaired) electrons. The summed E-state index contributed by atoms with van der Waals surface area (Å²) in [7, 11) is 0. The van der Waals surface area contributed by atoms with Crippen molar-refractivity contribution in [3.63, 3.8) is 0 Å². The second-order valence-electron chi connectivity index (χ2n) is 5.83. The number of ether oxygens (including phenoxy) is 1. The lowest BCUT2D eigenvalue weighted by atomic mass is 10.1. The van der Waals surface area contributed by atoms with Gasteiger partial charge in [-0.25, -0.2) is 4.79 Å². The van der Waals surface area contributed by atoms with Gasteiger partial charge in [-0.15, -0.1) is 0 Å². The standard InChI is InChI=1S/C18H25NO3/c1-13(2)6-5-11-22-18(21)10-9-17(20)19-16-8-7-14(3)15(4)12-16/h7-10,12-13H,5-6,11H2,1-4H3,(H,19,20)/b10-9+. The van der Waals surface area contributed by atoms with Crippen LogP contribution in [0.1, 0.15) is 37.8 Å². The van der Waals surface area contributed by atoms with E-state index in [1.165, 1.54) is 11.6 Å². The highest BCUT2D eigenvalue weighted by atomic mass is 16.5. The van der Waals surface area contributed by atoms with Gasteiger partial charge in [0, 0.05) is 17.8 Å². The Kier molecular flexibility index (Phi) is 7.37. The molecule has 0 aromatic heterocycles. The highest BCUT2D eigenvalue weighted by Crippen LogP contribution is 2.14. The van der Waals surface area contributed by atoms with Gasteiger partial charge in [0.05, 0.1) is 6.61 Å². The fourth-order valence-corrected chi connectivity index (χ4v) is 1.86. The monoisotopic (exact) mass is 303 g/mol. The summed E-state index contributed by atoms with van der Waals surface area (Å²) >= 11 is 0. The zero-order chi connectivity index (χ0) is 16.5. The molecule has 0 fully saturated rings. The molecule has 0 heterocycles. The van der Waals surface area contributed by atoms with E-state index in [4.69, 9.17) is 4.74 Å². The molecule has 22 heavy (non-hydrogen) atoms. The van der Waals surface area contributed by atoms with Gasteiger partial charge in [-0.1, -0.05) is 19.9 Å². The maximum absolute atomic E-state index is 11.7. The highest BCUT2D eigenvalue weighted by molar-refractivity contribution is 6.02. The van der Waals surface area contributed by atoms with Crippen LogP contribution in [-0.4, -0.2) is 18.5 Å². The van der Waals surface area contributed by atoms with E-state index in [1.807, 2.05) is 32.0 Å². The molecule has 0 atom stereocenters. The maximum atomic E-state index is 11.7. The van der Waals surface area contributed by atoms with Crippen molar-refractivity contribution in [3.05, 3.63) is 41.5 Å². The maximum Gasteiger partial charge on any atom is 0.330 e. The van der Waals surface area contributed by atoms with Crippen LogP contribution >= 0.6 is 0 Å². The van der Waals surface area contributed by atoms with E-state index in [0.29, 0.717) is 18.2 Å². The average Bonchev–Trinajstić information content (AvgIpc) is 2.45. The summed E-state index contributed by atoms with van der Waals surface area (Å²) in [5, 5.41) is 2.71. The second kappa shape index (κ2) is 9.03. The first kappa shape index (κ1) is 18.0. The molecule has 1 rings (SSSR count). The molecule has 0 saturated heterocycles. The predicted molar refractivity (Wildman–Crippen MR) is 88.7 cm³/mol. The van der Waals surface area contributed by atoms with Crippen molar-refractivity contribution in [2.24, 2.45) is 5.92 Å². The normalized spacial score (nSPS) is 11.0. The third-order valence-corrected chi connectivity index (χ3v) is 3.32. The van der Waals surface area contributed by atoms with Crippen molar-refractivity contribution < 1.29 is 14.3 Å². The Morgan fingerprint density at radius 2 is 1.91 bits per heavy atom. The number of nitrogens with one attached hydrogen (secondary N) is 1. The van der Waals surface area contributed by atoms with Crippen LogP contribution < -0.4 is 5.32 Å². The first-order chi connectivity index (χ1) is 10.4. The zero-order valence-electron chi connectivity index (χ0n) is 13.8. The minimum Gasteiger partial charge on any atom is -0.463 e. The Morgan fingerprint density at radius 3 is 2.55 bits per heavy atom. The van der Waals surface area contributed by atoms with E-state index in [-0.39, 0.29) is 5.91 Å². The van der Waals surface area contributed by atoms with Crippen LogP contribution in [0.3, 0.4) is 0 Å². The Morgan fingerprint density at radius 1 is 1.18 bits per heavy atom. The Balaban J connectivity index is 2.37. The molecule has 0 spiro atoms. The number of anilines is 1. The first-order valence-corrected chi connectivity index (χ1v) is 7.61. The van der Waals surface area contributed by atoms with Gasteiger partial charge in [0.1, 0.15) is 0 Å². The van der Waals surface area contributed by atoms with Gasteiger partial charge in [-0.05, 0) is 55.9 Å². The fraction of sp³-hybridized carbons (Fsp3) is 0.444. The Labute approximate surface area is 132 Å². The van der Waals surface area contributed by atoms with E-state index < -0.39 is 5.97 Å². The first-order valence-electron chi connectivity index (χ1n) is 7.61. The summed E-state index contributed by atoms with van der Waals surface area (Å²) in [5.74, 6) is -0.237. The van der Waals surface area contributed by atoms with Crippen molar-refractivity contribution in [1.82, 2.24) is 0 Å². The largest absolute Gasteiger partial charge is 0.463 e. The van der Waals surface area contributed by atoms with Gasteiger partial charge in [0.2, 0.25) is 5.91 Å². The lowest BCUT2D eigenvalue weighted by molar-refractivity contribution is -0.138. The van der Waals surface area contributed by atoms with Crippen LogP contribution in [0.4, 0.5) is 5.69 Å². The molecule has 0 aliphatic rings. The van der Waals surface area contributed by atoms with E-state index in [0.717, 1.165) is 24.5 Å². The molecule has 0 aliphatic heterocycles. The number of hydrogen-bond acceptors (Lipinski definition) is 3. The van der Waals surface area contributed by atoms with Crippen molar-refractivity contribution in [3.8, 4) is 0 Å². The zero-order valence-corrected chi connectivity index (χ0v) is 13.8. The molecule has 1 N–H and O–H groups in total. The fourth-order valence-electron chi connectivity index (χ4n) is 1.86. The number of carbonyl (C=O) groups excluding carboxylic acids is 2. The quantitative estimate of drug-likeness (QED) is 0.474. The van der Waals surface area contributed by atoms with E-state index in [9.17, 15) is 9.59 Å². The Hall–Kier alpha value is -2.10. The third kappa shape index (κ3) is 7.07. The minimum absolute atomic E-state index is 0.345. The lowest BCUT2D eigenvalue weighted by Gasteiger charge is -2.06. The molecule has 1 aromatic carbocycles. The summed E-state index contributed by atoms with van der Waals surface area (Å²) < 4.78 is 5.02. The molecule has 0 unspecified atom stereocenters. The van der Waals surface area contributed by atoms with Crippen molar-refractivity contribution in [1.29, 1.82) is 0 Å². The van der Waals surface area contributed by atoms with Crippen LogP contribution in [0.15, 0.2) is 30.4 Å². The number of esters is 1. The molecule has 4 heteroatoms. The summed E-state index contributed by atoms with van der Waals surface area (Å²) in [6, 6.07) is 5.67. The van der Waals surface area contributed by atoms with Crippen LogP contribution in [-0.2, 0) is 14.3 Å².